The predicted molar refractivity (Wildman–Crippen MR) is 136 cm³/mol. The lowest BCUT2D eigenvalue weighted by molar-refractivity contribution is -0.274. The molecule has 1 unspecified atom stereocenters. The number of alkyl halides is 3. The molecule has 1 aliphatic heterocycles. The first-order valence-electron chi connectivity index (χ1n) is 11.8. The summed E-state index contributed by atoms with van der Waals surface area (Å²) >= 11 is 5.97. The number of ether oxygens (including phenoxy) is 2. The number of aromatic nitrogens is 1. The summed E-state index contributed by atoms with van der Waals surface area (Å²) in [5.41, 5.74) is 3.12. The van der Waals surface area contributed by atoms with Crippen LogP contribution in [0.3, 0.4) is 0 Å². The van der Waals surface area contributed by atoms with Crippen molar-refractivity contribution in [3.63, 3.8) is 0 Å². The molecule has 1 fully saturated rings. The number of imide groups is 1. The van der Waals surface area contributed by atoms with Crippen LogP contribution in [0, 0.1) is 6.92 Å². The zero-order valence-electron chi connectivity index (χ0n) is 20.3. The summed E-state index contributed by atoms with van der Waals surface area (Å²) in [6, 6.07) is 17.4. The number of nitrogens with zero attached hydrogens (tertiary/aromatic N) is 1. The van der Waals surface area contributed by atoms with Crippen molar-refractivity contribution in [1.29, 1.82) is 0 Å². The van der Waals surface area contributed by atoms with Gasteiger partial charge in [-0.1, -0.05) is 35.9 Å². The fraction of sp³-hybridized carbons (Fsp3) is 0.179. The molecule has 1 aromatic heterocycles. The van der Waals surface area contributed by atoms with Crippen molar-refractivity contribution in [3.8, 4) is 5.75 Å². The smallest absolute Gasteiger partial charge is 0.435 e. The van der Waals surface area contributed by atoms with Gasteiger partial charge in [0.2, 0.25) is 0 Å². The van der Waals surface area contributed by atoms with E-state index in [4.69, 9.17) is 16.3 Å². The largest absolute Gasteiger partial charge is 0.573 e. The van der Waals surface area contributed by atoms with E-state index in [1.165, 1.54) is 18.2 Å². The molecule has 7 nitrogen and oxygen atoms in total. The minimum atomic E-state index is -4.88. The number of hydrogen-bond donors (Lipinski definition) is 1. The molecule has 5 rings (SSSR count). The molecule has 1 atom stereocenters. The summed E-state index contributed by atoms with van der Waals surface area (Å²) in [5.74, 6) is -1.25. The Kier molecular flexibility index (Phi) is 6.82. The predicted octanol–water partition coefficient (Wildman–Crippen LogP) is 5.96. The SMILES string of the molecule is Cc1c(C(=O)c2ccc(Cl)cc2)c2ccc(OC(F)(F)F)cc2n1Cc1cccc(CC2OC(=O)NC2=O)c1. The highest BCUT2D eigenvalue weighted by Gasteiger charge is 2.33. The summed E-state index contributed by atoms with van der Waals surface area (Å²) < 4.78 is 49.8. The lowest BCUT2D eigenvalue weighted by Crippen LogP contribution is -2.25. The normalized spacial score (nSPS) is 15.4. The Balaban J connectivity index is 1.55. The van der Waals surface area contributed by atoms with Crippen molar-refractivity contribution >= 4 is 40.3 Å². The fourth-order valence-corrected chi connectivity index (χ4v) is 4.80. The number of alkyl carbamates (subject to hydrolysis) is 1. The van der Waals surface area contributed by atoms with E-state index in [2.05, 4.69) is 10.1 Å². The fourth-order valence-electron chi connectivity index (χ4n) is 4.67. The Hall–Kier alpha value is -4.31. The van der Waals surface area contributed by atoms with Crippen LogP contribution < -0.4 is 10.1 Å². The molecule has 0 bridgehead atoms. The van der Waals surface area contributed by atoms with E-state index in [9.17, 15) is 27.6 Å². The second-order valence-corrected chi connectivity index (χ2v) is 9.45. The second-order valence-electron chi connectivity index (χ2n) is 9.02. The monoisotopic (exact) mass is 556 g/mol. The van der Waals surface area contributed by atoms with E-state index in [1.54, 1.807) is 47.9 Å². The summed E-state index contributed by atoms with van der Waals surface area (Å²) in [5, 5.41) is 3.01. The van der Waals surface area contributed by atoms with Crippen LogP contribution >= 0.6 is 11.6 Å². The maximum Gasteiger partial charge on any atom is 0.573 e. The molecule has 1 N–H and O–H groups in total. The number of nitrogens with one attached hydrogen (secondary N) is 1. The highest BCUT2D eigenvalue weighted by atomic mass is 35.5. The number of halogens is 4. The Morgan fingerprint density at radius 1 is 1.05 bits per heavy atom. The first-order chi connectivity index (χ1) is 18.5. The average Bonchev–Trinajstić information content (AvgIpc) is 3.32. The van der Waals surface area contributed by atoms with E-state index in [0.29, 0.717) is 32.7 Å². The van der Waals surface area contributed by atoms with E-state index in [-0.39, 0.29) is 18.7 Å². The van der Waals surface area contributed by atoms with Crippen LogP contribution in [0.4, 0.5) is 18.0 Å². The standard InChI is InChI=1S/C28H20ClF3N2O5/c1-15-24(25(35)18-5-7-19(29)8-6-18)21-10-9-20(39-28(30,31)32)13-22(21)34(15)14-17-4-2-3-16(11-17)12-23-26(36)33-27(37)38-23/h2-11,13,23H,12,14H2,1H3,(H,33,36,37). The third-order valence-electron chi connectivity index (χ3n) is 6.38. The molecule has 0 radical (unpaired) electrons. The molecule has 2 amide bonds. The van der Waals surface area contributed by atoms with Crippen LogP contribution in [0.25, 0.3) is 10.9 Å². The molecule has 200 valence electrons. The molecule has 3 aromatic carbocycles. The number of ketones is 1. The molecule has 0 aliphatic carbocycles. The van der Waals surface area contributed by atoms with Crippen molar-refractivity contribution in [1.82, 2.24) is 9.88 Å². The van der Waals surface area contributed by atoms with Gasteiger partial charge >= 0.3 is 12.5 Å². The van der Waals surface area contributed by atoms with Crippen LogP contribution in [0.5, 0.6) is 5.75 Å². The maximum absolute atomic E-state index is 13.5. The van der Waals surface area contributed by atoms with Crippen LogP contribution in [0.15, 0.2) is 66.7 Å². The van der Waals surface area contributed by atoms with E-state index in [0.717, 1.165) is 11.1 Å². The van der Waals surface area contributed by atoms with Crippen LogP contribution in [0.2, 0.25) is 5.02 Å². The van der Waals surface area contributed by atoms with Gasteiger partial charge in [-0.15, -0.1) is 13.2 Å². The lowest BCUT2D eigenvalue weighted by atomic mass is 10.0. The van der Waals surface area contributed by atoms with Gasteiger partial charge in [-0.3, -0.25) is 14.9 Å². The van der Waals surface area contributed by atoms with Crippen LogP contribution in [0.1, 0.15) is 32.7 Å². The molecule has 1 saturated heterocycles. The number of carbonyl (C=O) groups excluding carboxylic acids is 3. The van der Waals surface area contributed by atoms with Crippen molar-refractivity contribution < 1.29 is 37.0 Å². The Labute approximate surface area is 225 Å². The van der Waals surface area contributed by atoms with Gasteiger partial charge < -0.3 is 14.0 Å². The highest BCUT2D eigenvalue weighted by molar-refractivity contribution is 6.30. The number of hydrogen-bond acceptors (Lipinski definition) is 5. The topological polar surface area (TPSA) is 86.6 Å². The average molecular weight is 557 g/mol. The minimum Gasteiger partial charge on any atom is -0.435 e. The summed E-state index contributed by atoms with van der Waals surface area (Å²) in [7, 11) is 0. The Morgan fingerprint density at radius 3 is 2.44 bits per heavy atom. The number of fused-ring (bicyclic) bond motifs is 1. The summed E-state index contributed by atoms with van der Waals surface area (Å²) in [6.07, 6.45) is -6.48. The third kappa shape index (κ3) is 5.61. The zero-order chi connectivity index (χ0) is 27.9. The van der Waals surface area contributed by atoms with Gasteiger partial charge in [0.05, 0.1) is 11.1 Å². The molecule has 11 heteroatoms. The van der Waals surface area contributed by atoms with E-state index >= 15 is 0 Å². The number of rotatable bonds is 7. The molecule has 1 aliphatic rings. The van der Waals surface area contributed by atoms with Gasteiger partial charge in [-0.25, -0.2) is 4.79 Å². The molecule has 39 heavy (non-hydrogen) atoms. The number of cyclic esters (lactones) is 1. The first kappa shape index (κ1) is 26.3. The Morgan fingerprint density at radius 2 is 1.77 bits per heavy atom. The van der Waals surface area contributed by atoms with Gasteiger partial charge in [0, 0.05) is 40.7 Å². The van der Waals surface area contributed by atoms with Crippen molar-refractivity contribution in [3.05, 3.63) is 99.7 Å². The molecule has 2 heterocycles. The van der Waals surface area contributed by atoms with Gasteiger partial charge in [-0.05, 0) is 54.4 Å². The third-order valence-corrected chi connectivity index (χ3v) is 6.64. The quantitative estimate of drug-likeness (QED) is 0.284. The molecule has 4 aromatic rings. The summed E-state index contributed by atoms with van der Waals surface area (Å²) in [4.78, 5) is 36.8. The maximum atomic E-state index is 13.5. The zero-order valence-corrected chi connectivity index (χ0v) is 21.1. The number of carbonyl (C=O) groups is 3. The molecule has 0 spiro atoms. The van der Waals surface area contributed by atoms with Crippen molar-refractivity contribution in [2.45, 2.75) is 32.4 Å². The van der Waals surface area contributed by atoms with Crippen LogP contribution in [-0.2, 0) is 22.5 Å². The van der Waals surface area contributed by atoms with Gasteiger partial charge in [0.1, 0.15) is 5.75 Å². The first-order valence-corrected chi connectivity index (χ1v) is 12.1. The van der Waals surface area contributed by atoms with Crippen molar-refractivity contribution in [2.24, 2.45) is 0 Å². The number of amides is 2. The lowest BCUT2D eigenvalue weighted by Gasteiger charge is -2.13. The van der Waals surface area contributed by atoms with E-state index < -0.39 is 30.2 Å². The van der Waals surface area contributed by atoms with Gasteiger partial charge in [0.15, 0.2) is 11.9 Å². The second kappa shape index (κ2) is 10.1. The van der Waals surface area contributed by atoms with Gasteiger partial charge in [0.25, 0.3) is 5.91 Å². The van der Waals surface area contributed by atoms with E-state index in [1.807, 2.05) is 12.1 Å². The minimum absolute atomic E-state index is 0.153. The Bertz CT molecular complexity index is 1610. The highest BCUT2D eigenvalue weighted by Crippen LogP contribution is 2.34. The number of benzene rings is 3. The van der Waals surface area contributed by atoms with Crippen molar-refractivity contribution in [2.75, 3.05) is 0 Å². The van der Waals surface area contributed by atoms with Gasteiger partial charge in [-0.2, -0.15) is 0 Å². The summed E-state index contributed by atoms with van der Waals surface area (Å²) in [6.45, 7) is 1.93. The molecular formula is C28H20ClF3N2O5. The molecular weight excluding hydrogens is 537 g/mol. The molecule has 0 saturated carbocycles. The van der Waals surface area contributed by atoms with Crippen LogP contribution in [-0.4, -0.2) is 34.8 Å².